The van der Waals surface area contributed by atoms with Crippen LogP contribution in [0.1, 0.15) is 0 Å². The Hall–Kier alpha value is -3.53. The summed E-state index contributed by atoms with van der Waals surface area (Å²) in [5.74, 6) is -1.78. The van der Waals surface area contributed by atoms with Gasteiger partial charge in [0.1, 0.15) is 18.1 Å². The molecule has 0 saturated carbocycles. The number of fused-ring (bicyclic) bond motifs is 1. The number of carbonyl (C=O) groups excluding carboxylic acids is 3. The van der Waals surface area contributed by atoms with Crippen LogP contribution in [0.15, 0.2) is 52.8 Å². The molecule has 154 valence electrons. The molecule has 0 aliphatic carbocycles. The molecule has 0 bridgehead atoms. The largest absolute Gasteiger partial charge is 0.495 e. The lowest BCUT2D eigenvalue weighted by molar-refractivity contribution is -0.123. The predicted octanol–water partition coefficient (Wildman–Crippen LogP) is 2.42. The second-order valence-corrected chi connectivity index (χ2v) is 6.99. The van der Waals surface area contributed by atoms with Gasteiger partial charge >= 0.3 is 0 Å². The SMILES string of the molecule is COc1ccc(N2C(=O)[C@H]3N=NN(CC(=O)Nc4cccc(F)c4)[C@@H]3C2=O)cc1Cl. The summed E-state index contributed by atoms with van der Waals surface area (Å²) in [6, 6.07) is 7.79. The molecule has 2 aromatic rings. The maximum absolute atomic E-state index is 13.3. The molecule has 1 fully saturated rings. The van der Waals surface area contributed by atoms with Crippen LogP contribution in [0.25, 0.3) is 0 Å². The first-order chi connectivity index (χ1) is 14.4. The number of hydrogen-bond acceptors (Lipinski definition) is 7. The highest BCUT2D eigenvalue weighted by atomic mass is 35.5. The van der Waals surface area contributed by atoms with E-state index in [1.807, 2.05) is 0 Å². The van der Waals surface area contributed by atoms with Crippen LogP contribution in [0, 0.1) is 5.82 Å². The standard InChI is InChI=1S/C19H15ClFN5O4/c1-30-14-6-5-12(8-13(14)20)26-18(28)16-17(19(26)29)25(24-23-16)9-15(27)22-11-4-2-3-10(21)7-11/h2-8,16-17H,9H2,1H3,(H,22,27)/t16-,17-/m0/s1. The van der Waals surface area contributed by atoms with Gasteiger partial charge in [-0.2, -0.15) is 5.11 Å². The first-order valence-electron chi connectivity index (χ1n) is 8.83. The molecule has 30 heavy (non-hydrogen) atoms. The smallest absolute Gasteiger partial charge is 0.263 e. The van der Waals surface area contributed by atoms with Crippen molar-refractivity contribution in [2.75, 3.05) is 23.9 Å². The van der Waals surface area contributed by atoms with Gasteiger partial charge in [-0.05, 0) is 36.4 Å². The number of nitrogens with one attached hydrogen (secondary N) is 1. The molecule has 2 aromatic carbocycles. The number of benzene rings is 2. The molecule has 4 rings (SSSR count). The van der Waals surface area contributed by atoms with E-state index in [2.05, 4.69) is 15.7 Å². The van der Waals surface area contributed by atoms with Crippen LogP contribution in [0.3, 0.4) is 0 Å². The van der Waals surface area contributed by atoms with Gasteiger partial charge in [0, 0.05) is 5.69 Å². The van der Waals surface area contributed by atoms with E-state index in [0.717, 1.165) is 16.0 Å². The van der Waals surface area contributed by atoms with E-state index in [9.17, 15) is 18.8 Å². The van der Waals surface area contributed by atoms with Crippen molar-refractivity contribution in [3.05, 3.63) is 53.3 Å². The van der Waals surface area contributed by atoms with Gasteiger partial charge in [-0.15, -0.1) is 0 Å². The average molecular weight is 432 g/mol. The summed E-state index contributed by atoms with van der Waals surface area (Å²) in [5.41, 5.74) is 0.528. The zero-order valence-corrected chi connectivity index (χ0v) is 16.3. The second kappa shape index (κ2) is 7.71. The van der Waals surface area contributed by atoms with Gasteiger partial charge in [-0.3, -0.25) is 19.4 Å². The van der Waals surface area contributed by atoms with Crippen molar-refractivity contribution in [3.63, 3.8) is 0 Å². The molecule has 3 amide bonds. The molecule has 2 aliphatic rings. The van der Waals surface area contributed by atoms with Crippen LogP contribution in [0.2, 0.25) is 5.02 Å². The fraction of sp³-hybridized carbons (Fsp3) is 0.211. The number of anilines is 2. The van der Waals surface area contributed by atoms with Crippen molar-refractivity contribution in [1.29, 1.82) is 0 Å². The quantitative estimate of drug-likeness (QED) is 0.732. The van der Waals surface area contributed by atoms with Gasteiger partial charge in [-0.25, -0.2) is 9.29 Å². The summed E-state index contributed by atoms with van der Waals surface area (Å²) >= 11 is 6.10. The molecule has 9 nitrogen and oxygen atoms in total. The number of ether oxygens (including phenoxy) is 1. The Kier molecular flexibility index (Phi) is 5.08. The van der Waals surface area contributed by atoms with Crippen LogP contribution >= 0.6 is 11.6 Å². The lowest BCUT2D eigenvalue weighted by Crippen LogP contribution is -2.43. The van der Waals surface area contributed by atoms with E-state index in [-0.39, 0.29) is 22.9 Å². The summed E-state index contributed by atoms with van der Waals surface area (Å²) in [7, 11) is 1.45. The fourth-order valence-corrected chi connectivity index (χ4v) is 3.57. The number of amides is 3. The van der Waals surface area contributed by atoms with E-state index in [1.54, 1.807) is 0 Å². The molecule has 11 heteroatoms. The zero-order valence-electron chi connectivity index (χ0n) is 15.6. The molecular formula is C19H15ClFN5O4. The van der Waals surface area contributed by atoms with Crippen molar-refractivity contribution in [2.24, 2.45) is 10.3 Å². The Labute approximate surface area is 175 Å². The number of carbonyl (C=O) groups is 3. The van der Waals surface area contributed by atoms with Crippen LogP contribution in [0.4, 0.5) is 15.8 Å². The Morgan fingerprint density at radius 1 is 1.23 bits per heavy atom. The minimum Gasteiger partial charge on any atom is -0.495 e. The third-order valence-corrected chi connectivity index (χ3v) is 4.96. The minimum absolute atomic E-state index is 0.237. The molecule has 0 radical (unpaired) electrons. The molecule has 2 heterocycles. The number of rotatable bonds is 5. The number of halogens is 2. The number of nitrogens with zero attached hydrogens (tertiary/aromatic N) is 4. The molecule has 1 N–H and O–H groups in total. The highest BCUT2D eigenvalue weighted by molar-refractivity contribution is 6.33. The van der Waals surface area contributed by atoms with E-state index >= 15 is 0 Å². The van der Waals surface area contributed by atoms with E-state index in [0.29, 0.717) is 5.75 Å². The van der Waals surface area contributed by atoms with Crippen molar-refractivity contribution >= 4 is 40.7 Å². The molecule has 2 aliphatic heterocycles. The normalized spacial score (nSPS) is 20.0. The fourth-order valence-electron chi connectivity index (χ4n) is 3.32. The molecule has 0 aromatic heterocycles. The number of imide groups is 1. The predicted molar refractivity (Wildman–Crippen MR) is 105 cm³/mol. The van der Waals surface area contributed by atoms with Crippen LogP contribution in [-0.4, -0.2) is 48.5 Å². The first-order valence-corrected chi connectivity index (χ1v) is 9.21. The number of hydrogen-bond donors (Lipinski definition) is 1. The molecule has 2 atom stereocenters. The lowest BCUT2D eigenvalue weighted by atomic mass is 10.1. The Morgan fingerprint density at radius 3 is 2.73 bits per heavy atom. The monoisotopic (exact) mass is 431 g/mol. The van der Waals surface area contributed by atoms with Gasteiger partial charge in [0.05, 0.1) is 17.8 Å². The summed E-state index contributed by atoms with van der Waals surface area (Å²) in [6.07, 6.45) is 0. The highest BCUT2D eigenvalue weighted by Gasteiger charge is 2.55. The lowest BCUT2D eigenvalue weighted by Gasteiger charge is -2.20. The van der Waals surface area contributed by atoms with Crippen LogP contribution in [0.5, 0.6) is 5.75 Å². The average Bonchev–Trinajstić information content (AvgIpc) is 3.21. The summed E-state index contributed by atoms with van der Waals surface area (Å²) in [4.78, 5) is 39.0. The Balaban J connectivity index is 1.50. The topological polar surface area (TPSA) is 104 Å². The molecule has 1 saturated heterocycles. The minimum atomic E-state index is -1.06. The highest BCUT2D eigenvalue weighted by Crippen LogP contribution is 2.35. The Bertz CT molecular complexity index is 1080. The van der Waals surface area contributed by atoms with Crippen LogP contribution < -0.4 is 15.0 Å². The van der Waals surface area contributed by atoms with Crippen molar-refractivity contribution in [2.45, 2.75) is 12.1 Å². The maximum Gasteiger partial charge on any atom is 0.263 e. The third-order valence-electron chi connectivity index (χ3n) is 4.67. The van der Waals surface area contributed by atoms with Gasteiger partial charge in [0.15, 0.2) is 12.1 Å². The van der Waals surface area contributed by atoms with Crippen molar-refractivity contribution in [3.8, 4) is 5.75 Å². The summed E-state index contributed by atoms with van der Waals surface area (Å²) in [6.45, 7) is -0.336. The third kappa shape index (κ3) is 3.45. The second-order valence-electron chi connectivity index (χ2n) is 6.58. The number of methoxy groups -OCH3 is 1. The van der Waals surface area contributed by atoms with Crippen molar-refractivity contribution in [1.82, 2.24) is 5.01 Å². The molecular weight excluding hydrogens is 417 g/mol. The van der Waals surface area contributed by atoms with Gasteiger partial charge in [0.25, 0.3) is 11.8 Å². The van der Waals surface area contributed by atoms with Gasteiger partial charge in [-0.1, -0.05) is 22.9 Å². The Morgan fingerprint density at radius 2 is 2.03 bits per heavy atom. The molecule has 0 unspecified atom stereocenters. The van der Waals surface area contributed by atoms with E-state index in [4.69, 9.17) is 16.3 Å². The van der Waals surface area contributed by atoms with Crippen LogP contribution in [-0.2, 0) is 14.4 Å². The zero-order chi connectivity index (χ0) is 21.4. The first kappa shape index (κ1) is 19.8. The maximum atomic E-state index is 13.3. The summed E-state index contributed by atoms with van der Waals surface area (Å²) < 4.78 is 18.4. The summed E-state index contributed by atoms with van der Waals surface area (Å²) in [5, 5.41) is 11.6. The van der Waals surface area contributed by atoms with Gasteiger partial charge < -0.3 is 10.1 Å². The van der Waals surface area contributed by atoms with E-state index in [1.165, 1.54) is 43.5 Å². The van der Waals surface area contributed by atoms with Crippen molar-refractivity contribution < 1.29 is 23.5 Å². The van der Waals surface area contributed by atoms with Gasteiger partial charge in [0.2, 0.25) is 5.91 Å². The molecule has 0 spiro atoms. The van der Waals surface area contributed by atoms with E-state index < -0.39 is 35.6 Å².